The van der Waals surface area contributed by atoms with Crippen molar-refractivity contribution in [1.82, 2.24) is 0 Å². The second kappa shape index (κ2) is 4.01. The minimum absolute atomic E-state index is 0.836. The Balaban J connectivity index is 3.39. The van der Waals surface area contributed by atoms with Crippen LogP contribution in [0.2, 0.25) is 0 Å². The topological polar surface area (TPSA) is 18.5 Å². The van der Waals surface area contributed by atoms with Gasteiger partial charge in [0.15, 0.2) is 0 Å². The van der Waals surface area contributed by atoms with E-state index in [9.17, 15) is 0 Å². The molecule has 2 nitrogen and oxygen atoms in total. The van der Waals surface area contributed by atoms with Crippen molar-refractivity contribution in [1.29, 1.82) is 0 Å². The lowest BCUT2D eigenvalue weighted by Gasteiger charge is -2.13. The van der Waals surface area contributed by atoms with Gasteiger partial charge in [-0.25, -0.2) is 0 Å². The summed E-state index contributed by atoms with van der Waals surface area (Å²) in [6.07, 6.45) is 0. The highest BCUT2D eigenvalue weighted by atomic mass is 79.9. The molecule has 0 fully saturated rings. The molecule has 0 atom stereocenters. The number of aryl methyl sites for hydroxylation is 2. The predicted octanol–water partition coefficient (Wildman–Crippen LogP) is 3.08. The van der Waals surface area contributed by atoms with Crippen LogP contribution in [0.25, 0.3) is 0 Å². The summed E-state index contributed by atoms with van der Waals surface area (Å²) in [6, 6.07) is 2.04. The summed E-state index contributed by atoms with van der Waals surface area (Å²) >= 11 is 3.45. The van der Waals surface area contributed by atoms with Crippen LogP contribution in [0.1, 0.15) is 11.1 Å². The van der Waals surface area contributed by atoms with Crippen molar-refractivity contribution in [3.63, 3.8) is 0 Å². The van der Waals surface area contributed by atoms with Crippen LogP contribution in [-0.2, 0) is 0 Å². The van der Waals surface area contributed by atoms with Gasteiger partial charge in [0.25, 0.3) is 0 Å². The zero-order valence-electron chi connectivity index (χ0n) is 8.27. The van der Waals surface area contributed by atoms with Crippen molar-refractivity contribution in [2.24, 2.45) is 0 Å². The Bertz CT molecular complexity index is 293. The lowest BCUT2D eigenvalue weighted by atomic mass is 10.1. The molecule has 0 aliphatic carbocycles. The van der Waals surface area contributed by atoms with E-state index in [0.29, 0.717) is 0 Å². The lowest BCUT2D eigenvalue weighted by Crippen LogP contribution is -1.95. The van der Waals surface area contributed by atoms with Crippen LogP contribution in [0, 0.1) is 13.8 Å². The minimum atomic E-state index is 0.836. The van der Waals surface area contributed by atoms with Crippen LogP contribution in [0.4, 0.5) is 0 Å². The largest absolute Gasteiger partial charge is 0.495 e. The maximum atomic E-state index is 5.25. The van der Waals surface area contributed by atoms with Gasteiger partial charge in [-0.3, -0.25) is 0 Å². The maximum Gasteiger partial charge on any atom is 0.139 e. The Morgan fingerprint density at radius 1 is 1.00 bits per heavy atom. The molecule has 0 saturated heterocycles. The zero-order valence-corrected chi connectivity index (χ0v) is 9.86. The number of hydrogen-bond donors (Lipinski definition) is 0. The Hall–Kier alpha value is -0.700. The molecule has 0 N–H and O–H groups in total. The molecular formula is C10H13BrO2. The molecule has 0 aromatic heterocycles. The highest BCUT2D eigenvalue weighted by Crippen LogP contribution is 2.39. The van der Waals surface area contributed by atoms with Crippen molar-refractivity contribution in [3.8, 4) is 11.5 Å². The Labute approximate surface area is 87.0 Å². The fraction of sp³-hybridized carbons (Fsp3) is 0.400. The average Bonchev–Trinajstić information content (AvgIpc) is 2.04. The number of benzene rings is 1. The molecule has 0 radical (unpaired) electrons. The predicted molar refractivity (Wildman–Crippen MR) is 56.7 cm³/mol. The van der Waals surface area contributed by atoms with Crippen molar-refractivity contribution in [2.75, 3.05) is 14.2 Å². The van der Waals surface area contributed by atoms with E-state index in [1.54, 1.807) is 14.2 Å². The molecule has 1 aromatic carbocycles. The molecule has 1 rings (SSSR count). The van der Waals surface area contributed by atoms with E-state index in [1.807, 2.05) is 19.9 Å². The molecule has 1 aromatic rings. The Kier molecular flexibility index (Phi) is 3.20. The first-order valence-corrected chi connectivity index (χ1v) is 4.78. The standard InChI is InChI=1S/C10H13BrO2/c1-6-5-7(2)10(13-4)8(11)9(6)12-3/h5H,1-4H3. The quantitative estimate of drug-likeness (QED) is 0.797. The van der Waals surface area contributed by atoms with Gasteiger partial charge in [-0.05, 0) is 47.0 Å². The molecule has 0 spiro atoms. The van der Waals surface area contributed by atoms with E-state index in [4.69, 9.17) is 9.47 Å². The number of halogens is 1. The molecule has 0 unspecified atom stereocenters. The monoisotopic (exact) mass is 244 g/mol. The van der Waals surface area contributed by atoms with Crippen LogP contribution in [-0.4, -0.2) is 14.2 Å². The molecule has 0 heterocycles. The van der Waals surface area contributed by atoms with Crippen molar-refractivity contribution < 1.29 is 9.47 Å². The summed E-state index contributed by atoms with van der Waals surface area (Å²) in [5.74, 6) is 1.67. The molecule has 0 bridgehead atoms. The molecule has 72 valence electrons. The normalized spacial score (nSPS) is 9.92. The third kappa shape index (κ3) is 1.80. The smallest absolute Gasteiger partial charge is 0.139 e. The van der Waals surface area contributed by atoms with Crippen LogP contribution < -0.4 is 9.47 Å². The SMILES string of the molecule is COc1c(C)cc(C)c(OC)c1Br. The van der Waals surface area contributed by atoms with E-state index in [1.165, 1.54) is 0 Å². The average molecular weight is 245 g/mol. The second-order valence-electron chi connectivity index (χ2n) is 2.89. The summed E-state index contributed by atoms with van der Waals surface area (Å²) < 4.78 is 11.4. The van der Waals surface area contributed by atoms with Gasteiger partial charge in [0.1, 0.15) is 16.0 Å². The van der Waals surface area contributed by atoms with Gasteiger partial charge in [0.2, 0.25) is 0 Å². The van der Waals surface area contributed by atoms with Gasteiger partial charge < -0.3 is 9.47 Å². The van der Waals surface area contributed by atoms with Crippen molar-refractivity contribution in [2.45, 2.75) is 13.8 Å². The van der Waals surface area contributed by atoms with Gasteiger partial charge >= 0.3 is 0 Å². The third-order valence-electron chi connectivity index (χ3n) is 1.96. The van der Waals surface area contributed by atoms with Crippen molar-refractivity contribution in [3.05, 3.63) is 21.7 Å². The number of rotatable bonds is 2. The highest BCUT2D eigenvalue weighted by Gasteiger charge is 2.12. The van der Waals surface area contributed by atoms with Crippen LogP contribution >= 0.6 is 15.9 Å². The Morgan fingerprint density at radius 2 is 1.38 bits per heavy atom. The van der Waals surface area contributed by atoms with Gasteiger partial charge in [-0.2, -0.15) is 0 Å². The third-order valence-corrected chi connectivity index (χ3v) is 2.68. The van der Waals surface area contributed by atoms with E-state index < -0.39 is 0 Å². The Morgan fingerprint density at radius 3 is 1.69 bits per heavy atom. The summed E-state index contributed by atoms with van der Waals surface area (Å²) in [5, 5.41) is 0. The first kappa shape index (κ1) is 10.4. The molecule has 3 heteroatoms. The van der Waals surface area contributed by atoms with E-state index in [-0.39, 0.29) is 0 Å². The van der Waals surface area contributed by atoms with Gasteiger partial charge in [0.05, 0.1) is 14.2 Å². The second-order valence-corrected chi connectivity index (χ2v) is 3.68. The van der Waals surface area contributed by atoms with E-state index in [2.05, 4.69) is 15.9 Å². The molecule has 0 aliphatic heterocycles. The van der Waals surface area contributed by atoms with Crippen LogP contribution in [0.15, 0.2) is 10.5 Å². The van der Waals surface area contributed by atoms with Gasteiger partial charge in [-0.1, -0.05) is 0 Å². The fourth-order valence-corrected chi connectivity index (χ4v) is 2.36. The van der Waals surface area contributed by atoms with Gasteiger partial charge in [-0.15, -0.1) is 0 Å². The summed E-state index contributed by atoms with van der Waals surface area (Å²) in [5.41, 5.74) is 2.21. The maximum absolute atomic E-state index is 5.25. The zero-order chi connectivity index (χ0) is 10.0. The van der Waals surface area contributed by atoms with Crippen LogP contribution in [0.3, 0.4) is 0 Å². The minimum Gasteiger partial charge on any atom is -0.495 e. The molecule has 0 saturated carbocycles. The number of ether oxygens (including phenoxy) is 2. The van der Waals surface area contributed by atoms with Crippen LogP contribution in [0.5, 0.6) is 11.5 Å². The lowest BCUT2D eigenvalue weighted by molar-refractivity contribution is 0.385. The van der Waals surface area contributed by atoms with Crippen molar-refractivity contribution >= 4 is 15.9 Å². The summed E-state index contributed by atoms with van der Waals surface area (Å²) in [7, 11) is 3.31. The van der Waals surface area contributed by atoms with Gasteiger partial charge in [0, 0.05) is 0 Å². The molecule has 13 heavy (non-hydrogen) atoms. The van der Waals surface area contributed by atoms with E-state index in [0.717, 1.165) is 27.1 Å². The number of hydrogen-bond acceptors (Lipinski definition) is 2. The molecular weight excluding hydrogens is 232 g/mol. The van der Waals surface area contributed by atoms with E-state index >= 15 is 0 Å². The molecule has 0 aliphatic rings. The summed E-state index contributed by atoms with van der Waals surface area (Å²) in [4.78, 5) is 0. The number of methoxy groups -OCH3 is 2. The molecule has 0 amide bonds. The first-order valence-electron chi connectivity index (χ1n) is 3.99. The highest BCUT2D eigenvalue weighted by molar-refractivity contribution is 9.10. The summed E-state index contributed by atoms with van der Waals surface area (Å²) in [6.45, 7) is 4.02. The first-order chi connectivity index (χ1) is 6.11. The fourth-order valence-electron chi connectivity index (χ4n) is 1.41.